The smallest absolute Gasteiger partial charge is 0.255 e. The van der Waals surface area contributed by atoms with Crippen molar-refractivity contribution in [2.75, 3.05) is 25.6 Å². The predicted molar refractivity (Wildman–Crippen MR) is 119 cm³/mol. The zero-order valence-corrected chi connectivity index (χ0v) is 17.7. The van der Waals surface area contributed by atoms with Crippen molar-refractivity contribution < 1.29 is 19.0 Å². The van der Waals surface area contributed by atoms with Crippen LogP contribution in [0.15, 0.2) is 66.7 Å². The lowest BCUT2D eigenvalue weighted by atomic mass is 10.2. The highest BCUT2D eigenvalue weighted by Gasteiger charge is 2.08. The molecule has 0 aliphatic rings. The van der Waals surface area contributed by atoms with Crippen LogP contribution in [0.3, 0.4) is 0 Å². The lowest BCUT2D eigenvalue weighted by molar-refractivity contribution is 0.102. The molecule has 1 amide bonds. The normalized spacial score (nSPS) is 10.4. The molecule has 0 aliphatic heterocycles. The maximum atomic E-state index is 12.4. The van der Waals surface area contributed by atoms with Crippen LogP contribution in [0.25, 0.3) is 0 Å². The number of anilines is 1. The molecule has 0 saturated heterocycles. The first-order valence-corrected chi connectivity index (χ1v) is 10.00. The summed E-state index contributed by atoms with van der Waals surface area (Å²) >= 11 is 6.09. The van der Waals surface area contributed by atoms with Gasteiger partial charge in [-0.15, -0.1) is 0 Å². The van der Waals surface area contributed by atoms with Gasteiger partial charge in [0, 0.05) is 17.7 Å². The topological polar surface area (TPSA) is 56.8 Å². The third kappa shape index (κ3) is 6.16. The van der Waals surface area contributed by atoms with Gasteiger partial charge >= 0.3 is 0 Å². The molecule has 3 rings (SSSR count). The van der Waals surface area contributed by atoms with Crippen LogP contribution in [0, 0.1) is 6.92 Å². The number of benzene rings is 3. The van der Waals surface area contributed by atoms with Crippen molar-refractivity contribution >= 4 is 23.2 Å². The van der Waals surface area contributed by atoms with Crippen LogP contribution in [-0.4, -0.2) is 26.2 Å². The molecule has 0 atom stereocenters. The van der Waals surface area contributed by atoms with E-state index in [0.717, 1.165) is 12.2 Å². The zero-order chi connectivity index (χ0) is 21.3. The summed E-state index contributed by atoms with van der Waals surface area (Å²) in [5, 5.41) is 3.25. The maximum absolute atomic E-state index is 12.4. The standard InChI is InChI=1S/C24H24ClNO4/c1-17-5-3-6-21(15-17)30-14-4-13-29-20-10-7-18(8-11-20)24(27)26-19-9-12-23(28-2)22(25)16-19/h3,5-12,15-16H,4,13-14H2,1-2H3,(H,26,27). The minimum absolute atomic E-state index is 0.227. The number of ether oxygens (including phenoxy) is 3. The van der Waals surface area contributed by atoms with Crippen molar-refractivity contribution in [1.29, 1.82) is 0 Å². The molecule has 1 N–H and O–H groups in total. The van der Waals surface area contributed by atoms with Crippen LogP contribution in [-0.2, 0) is 0 Å². The molecular formula is C24H24ClNO4. The third-order valence-electron chi connectivity index (χ3n) is 4.34. The molecule has 0 heterocycles. The molecule has 0 radical (unpaired) electrons. The molecule has 156 valence electrons. The Hall–Kier alpha value is -3.18. The number of nitrogens with one attached hydrogen (secondary N) is 1. The lowest BCUT2D eigenvalue weighted by Gasteiger charge is -2.10. The van der Waals surface area contributed by atoms with Crippen LogP contribution in [0.5, 0.6) is 17.2 Å². The van der Waals surface area contributed by atoms with Gasteiger partial charge in [-0.1, -0.05) is 23.7 Å². The summed E-state index contributed by atoms with van der Waals surface area (Å²) < 4.78 is 16.5. The number of carbonyl (C=O) groups is 1. The Morgan fingerprint density at radius 2 is 1.67 bits per heavy atom. The van der Waals surface area contributed by atoms with Gasteiger partial charge in [-0.05, 0) is 67.1 Å². The first-order chi connectivity index (χ1) is 14.5. The number of hydrogen-bond donors (Lipinski definition) is 1. The molecule has 0 fully saturated rings. The summed E-state index contributed by atoms with van der Waals surface area (Å²) in [6.45, 7) is 3.14. The highest BCUT2D eigenvalue weighted by molar-refractivity contribution is 6.32. The Balaban J connectivity index is 1.44. The van der Waals surface area contributed by atoms with Gasteiger partial charge in [0.1, 0.15) is 17.2 Å². The number of rotatable bonds is 9. The van der Waals surface area contributed by atoms with E-state index in [-0.39, 0.29) is 5.91 Å². The molecule has 0 aromatic heterocycles. The largest absolute Gasteiger partial charge is 0.495 e. The molecular weight excluding hydrogens is 402 g/mol. The Labute approximate surface area is 181 Å². The van der Waals surface area contributed by atoms with E-state index in [1.54, 1.807) is 49.6 Å². The Morgan fingerprint density at radius 1 is 0.933 bits per heavy atom. The van der Waals surface area contributed by atoms with Crippen LogP contribution in [0.1, 0.15) is 22.3 Å². The van der Waals surface area contributed by atoms with Crippen molar-refractivity contribution in [2.24, 2.45) is 0 Å². The van der Waals surface area contributed by atoms with E-state index in [2.05, 4.69) is 5.32 Å². The molecule has 0 spiro atoms. The average molecular weight is 426 g/mol. The van der Waals surface area contributed by atoms with Gasteiger partial charge in [-0.3, -0.25) is 4.79 Å². The first-order valence-electron chi connectivity index (χ1n) is 9.62. The fraction of sp³-hybridized carbons (Fsp3) is 0.208. The fourth-order valence-electron chi connectivity index (χ4n) is 2.79. The second kappa shape index (κ2) is 10.6. The monoisotopic (exact) mass is 425 g/mol. The molecule has 6 heteroatoms. The summed E-state index contributed by atoms with van der Waals surface area (Å²) in [7, 11) is 1.54. The molecule has 3 aromatic rings. The van der Waals surface area contributed by atoms with Gasteiger partial charge in [0.05, 0.1) is 25.3 Å². The van der Waals surface area contributed by atoms with E-state index in [9.17, 15) is 4.79 Å². The fourth-order valence-corrected chi connectivity index (χ4v) is 3.05. The van der Waals surface area contributed by atoms with Crippen LogP contribution in [0.2, 0.25) is 5.02 Å². The van der Waals surface area contributed by atoms with Crippen molar-refractivity contribution in [3.05, 3.63) is 82.9 Å². The number of hydrogen-bond acceptors (Lipinski definition) is 4. The number of halogens is 1. The quantitative estimate of drug-likeness (QED) is 0.443. The minimum atomic E-state index is -0.227. The van der Waals surface area contributed by atoms with Crippen LogP contribution < -0.4 is 19.5 Å². The van der Waals surface area contributed by atoms with E-state index < -0.39 is 0 Å². The van der Waals surface area contributed by atoms with Crippen LogP contribution in [0.4, 0.5) is 5.69 Å². The van der Waals surface area contributed by atoms with Crippen LogP contribution >= 0.6 is 11.6 Å². The summed E-state index contributed by atoms with van der Waals surface area (Å²) in [6, 6.07) is 20.0. The highest BCUT2D eigenvalue weighted by Crippen LogP contribution is 2.27. The Kier molecular flexibility index (Phi) is 7.57. The van der Waals surface area contributed by atoms with Crippen molar-refractivity contribution in [1.82, 2.24) is 0 Å². The second-order valence-corrected chi connectivity index (χ2v) is 7.10. The van der Waals surface area contributed by atoms with Crippen molar-refractivity contribution in [3.63, 3.8) is 0 Å². The van der Waals surface area contributed by atoms with Crippen molar-refractivity contribution in [2.45, 2.75) is 13.3 Å². The maximum Gasteiger partial charge on any atom is 0.255 e. The number of methoxy groups -OCH3 is 1. The van der Waals surface area contributed by atoms with E-state index in [0.29, 0.717) is 41.0 Å². The SMILES string of the molecule is COc1ccc(NC(=O)c2ccc(OCCCOc3cccc(C)c3)cc2)cc1Cl. The second-order valence-electron chi connectivity index (χ2n) is 6.69. The Bertz CT molecular complexity index is 989. The number of aryl methyl sites for hydroxylation is 1. The molecule has 0 unspecified atom stereocenters. The highest BCUT2D eigenvalue weighted by atomic mass is 35.5. The van der Waals surface area contributed by atoms with E-state index >= 15 is 0 Å². The number of carbonyl (C=O) groups excluding carboxylic acids is 1. The van der Waals surface area contributed by atoms with Gasteiger partial charge in [-0.25, -0.2) is 0 Å². The Morgan fingerprint density at radius 3 is 2.33 bits per heavy atom. The molecule has 30 heavy (non-hydrogen) atoms. The molecule has 0 aliphatic carbocycles. The number of amides is 1. The minimum Gasteiger partial charge on any atom is -0.495 e. The lowest BCUT2D eigenvalue weighted by Crippen LogP contribution is -2.12. The summed E-state index contributed by atoms with van der Waals surface area (Å²) in [6.07, 6.45) is 0.758. The summed E-state index contributed by atoms with van der Waals surface area (Å²) in [5.41, 5.74) is 2.29. The average Bonchev–Trinajstić information content (AvgIpc) is 2.74. The molecule has 0 bridgehead atoms. The van der Waals surface area contributed by atoms with Gasteiger partial charge in [0.2, 0.25) is 0 Å². The van der Waals surface area contributed by atoms with E-state index in [4.69, 9.17) is 25.8 Å². The van der Waals surface area contributed by atoms with Crippen molar-refractivity contribution in [3.8, 4) is 17.2 Å². The molecule has 5 nitrogen and oxygen atoms in total. The van der Waals surface area contributed by atoms with Gasteiger partial charge < -0.3 is 19.5 Å². The van der Waals surface area contributed by atoms with E-state index in [1.807, 2.05) is 31.2 Å². The summed E-state index contributed by atoms with van der Waals surface area (Å²) in [5.74, 6) is 1.90. The van der Waals surface area contributed by atoms with E-state index in [1.165, 1.54) is 5.56 Å². The van der Waals surface area contributed by atoms with Gasteiger partial charge in [0.15, 0.2) is 0 Å². The van der Waals surface area contributed by atoms with Gasteiger partial charge in [-0.2, -0.15) is 0 Å². The molecule has 3 aromatic carbocycles. The molecule has 0 saturated carbocycles. The summed E-state index contributed by atoms with van der Waals surface area (Å²) in [4.78, 5) is 12.4. The first kappa shape index (κ1) is 21.5. The predicted octanol–water partition coefficient (Wildman–Crippen LogP) is 5.76. The third-order valence-corrected chi connectivity index (χ3v) is 4.64. The zero-order valence-electron chi connectivity index (χ0n) is 17.0. The van der Waals surface area contributed by atoms with Gasteiger partial charge in [0.25, 0.3) is 5.91 Å².